The van der Waals surface area contributed by atoms with Crippen LogP contribution in [0.3, 0.4) is 0 Å². The molecule has 0 bridgehead atoms. The number of likely N-dealkylation sites (tertiary alicyclic amines) is 1. The average Bonchev–Trinajstić information content (AvgIpc) is 2.45. The third kappa shape index (κ3) is 7.31. The van der Waals surface area contributed by atoms with Crippen molar-refractivity contribution in [3.05, 3.63) is 0 Å². The van der Waals surface area contributed by atoms with Gasteiger partial charge < -0.3 is 10.2 Å². The minimum absolute atomic E-state index is 0.714. The Labute approximate surface area is 121 Å². The third-order valence-corrected chi connectivity index (χ3v) is 4.63. The molecule has 1 saturated heterocycles. The van der Waals surface area contributed by atoms with Crippen molar-refractivity contribution in [1.29, 1.82) is 0 Å². The van der Waals surface area contributed by atoms with E-state index < -0.39 is 0 Å². The maximum atomic E-state index is 3.66. The zero-order chi connectivity index (χ0) is 13.9. The van der Waals surface area contributed by atoms with Gasteiger partial charge in [0.2, 0.25) is 0 Å². The fraction of sp³-hybridized carbons (Fsp3) is 1.00. The summed E-state index contributed by atoms with van der Waals surface area (Å²) in [6.45, 7) is 12.1. The monoisotopic (exact) mass is 268 g/mol. The van der Waals surface area contributed by atoms with Crippen LogP contribution in [0, 0.1) is 5.92 Å². The van der Waals surface area contributed by atoms with Crippen molar-refractivity contribution in [3.8, 4) is 0 Å². The Kier molecular flexibility index (Phi) is 9.54. The van der Waals surface area contributed by atoms with E-state index in [1.54, 1.807) is 0 Å². The summed E-state index contributed by atoms with van der Waals surface area (Å²) in [7, 11) is 0. The largest absolute Gasteiger partial charge is 0.314 e. The Morgan fingerprint density at radius 3 is 2.32 bits per heavy atom. The molecule has 1 rings (SSSR count). The second-order valence-corrected chi connectivity index (χ2v) is 6.34. The van der Waals surface area contributed by atoms with Gasteiger partial charge in [0.25, 0.3) is 0 Å². The first kappa shape index (κ1) is 17.0. The molecule has 0 saturated carbocycles. The molecule has 1 aliphatic rings. The zero-order valence-electron chi connectivity index (χ0n) is 13.6. The Morgan fingerprint density at radius 1 is 1.00 bits per heavy atom. The SMILES string of the molecule is CCCCCCCN1CCC(C(C)NCCC)CC1. The molecule has 0 aromatic heterocycles. The Bertz CT molecular complexity index is 197. The maximum absolute atomic E-state index is 3.66. The Morgan fingerprint density at radius 2 is 1.68 bits per heavy atom. The molecule has 19 heavy (non-hydrogen) atoms. The van der Waals surface area contributed by atoms with E-state index in [4.69, 9.17) is 0 Å². The fourth-order valence-electron chi connectivity index (χ4n) is 3.15. The van der Waals surface area contributed by atoms with Gasteiger partial charge in [-0.05, 0) is 64.7 Å². The predicted octanol–water partition coefficient (Wildman–Crippen LogP) is 4.06. The van der Waals surface area contributed by atoms with Gasteiger partial charge in [0.05, 0.1) is 0 Å². The number of nitrogens with one attached hydrogen (secondary N) is 1. The lowest BCUT2D eigenvalue weighted by Gasteiger charge is -2.35. The Hall–Kier alpha value is -0.0800. The van der Waals surface area contributed by atoms with Crippen LogP contribution < -0.4 is 5.32 Å². The standard InChI is InChI=1S/C17H36N2/c1-4-6-7-8-9-13-19-14-10-17(11-15-19)16(3)18-12-5-2/h16-18H,4-15H2,1-3H3. The third-order valence-electron chi connectivity index (χ3n) is 4.63. The van der Waals surface area contributed by atoms with Crippen molar-refractivity contribution in [2.75, 3.05) is 26.2 Å². The van der Waals surface area contributed by atoms with Gasteiger partial charge in [-0.2, -0.15) is 0 Å². The van der Waals surface area contributed by atoms with E-state index in [1.165, 1.54) is 77.5 Å². The van der Waals surface area contributed by atoms with Crippen LogP contribution in [0.15, 0.2) is 0 Å². The van der Waals surface area contributed by atoms with E-state index in [1.807, 2.05) is 0 Å². The molecule has 1 unspecified atom stereocenters. The van der Waals surface area contributed by atoms with Gasteiger partial charge in [-0.3, -0.25) is 0 Å². The van der Waals surface area contributed by atoms with E-state index >= 15 is 0 Å². The van der Waals surface area contributed by atoms with E-state index in [-0.39, 0.29) is 0 Å². The molecule has 1 fully saturated rings. The normalized spacial score (nSPS) is 19.7. The van der Waals surface area contributed by atoms with Crippen molar-refractivity contribution in [3.63, 3.8) is 0 Å². The molecule has 2 nitrogen and oxygen atoms in total. The highest BCUT2D eigenvalue weighted by Gasteiger charge is 2.22. The molecule has 0 radical (unpaired) electrons. The van der Waals surface area contributed by atoms with Crippen LogP contribution in [0.4, 0.5) is 0 Å². The second kappa shape index (κ2) is 10.7. The quantitative estimate of drug-likeness (QED) is 0.601. The van der Waals surface area contributed by atoms with E-state index in [0.717, 1.165) is 5.92 Å². The van der Waals surface area contributed by atoms with Gasteiger partial charge in [0.1, 0.15) is 0 Å². The molecule has 0 aliphatic carbocycles. The molecule has 2 heteroatoms. The number of piperidine rings is 1. The topological polar surface area (TPSA) is 15.3 Å². The molecule has 1 heterocycles. The van der Waals surface area contributed by atoms with Crippen molar-refractivity contribution < 1.29 is 0 Å². The fourth-order valence-corrected chi connectivity index (χ4v) is 3.15. The number of hydrogen-bond donors (Lipinski definition) is 1. The highest BCUT2D eigenvalue weighted by atomic mass is 15.1. The second-order valence-electron chi connectivity index (χ2n) is 6.34. The minimum Gasteiger partial charge on any atom is -0.314 e. The van der Waals surface area contributed by atoms with Crippen LogP contribution in [-0.4, -0.2) is 37.1 Å². The summed E-state index contributed by atoms with van der Waals surface area (Å²) in [5.74, 6) is 0.905. The first-order chi connectivity index (χ1) is 9.27. The summed E-state index contributed by atoms with van der Waals surface area (Å²) in [5.41, 5.74) is 0. The molecule has 0 amide bonds. The molecular formula is C17H36N2. The van der Waals surface area contributed by atoms with Crippen molar-refractivity contribution in [1.82, 2.24) is 10.2 Å². The van der Waals surface area contributed by atoms with Crippen LogP contribution in [0.25, 0.3) is 0 Å². The lowest BCUT2D eigenvalue weighted by atomic mass is 9.90. The van der Waals surface area contributed by atoms with Gasteiger partial charge in [0.15, 0.2) is 0 Å². The lowest BCUT2D eigenvalue weighted by Crippen LogP contribution is -2.42. The van der Waals surface area contributed by atoms with Crippen LogP contribution >= 0.6 is 0 Å². The van der Waals surface area contributed by atoms with Gasteiger partial charge in [-0.15, -0.1) is 0 Å². The van der Waals surface area contributed by atoms with Crippen LogP contribution in [-0.2, 0) is 0 Å². The van der Waals surface area contributed by atoms with Gasteiger partial charge in [-0.25, -0.2) is 0 Å². The number of hydrogen-bond acceptors (Lipinski definition) is 2. The summed E-state index contributed by atoms with van der Waals surface area (Å²) in [5, 5.41) is 3.66. The Balaban J connectivity index is 2.04. The first-order valence-corrected chi connectivity index (χ1v) is 8.73. The molecule has 1 aliphatic heterocycles. The van der Waals surface area contributed by atoms with Gasteiger partial charge in [-0.1, -0.05) is 39.5 Å². The highest BCUT2D eigenvalue weighted by molar-refractivity contribution is 4.79. The zero-order valence-corrected chi connectivity index (χ0v) is 13.6. The smallest absolute Gasteiger partial charge is 0.00679 e. The van der Waals surface area contributed by atoms with Crippen LogP contribution in [0.1, 0.15) is 72.1 Å². The number of rotatable bonds is 10. The van der Waals surface area contributed by atoms with E-state index in [9.17, 15) is 0 Å². The number of unbranched alkanes of at least 4 members (excludes halogenated alkanes) is 4. The summed E-state index contributed by atoms with van der Waals surface area (Å²) in [6, 6.07) is 0.714. The lowest BCUT2D eigenvalue weighted by molar-refractivity contribution is 0.160. The van der Waals surface area contributed by atoms with Crippen molar-refractivity contribution in [2.24, 2.45) is 5.92 Å². The molecule has 0 spiro atoms. The average molecular weight is 268 g/mol. The molecule has 0 aromatic rings. The minimum atomic E-state index is 0.714. The first-order valence-electron chi connectivity index (χ1n) is 8.73. The van der Waals surface area contributed by atoms with Gasteiger partial charge in [0, 0.05) is 6.04 Å². The van der Waals surface area contributed by atoms with Crippen molar-refractivity contribution >= 4 is 0 Å². The van der Waals surface area contributed by atoms with E-state index in [0.29, 0.717) is 6.04 Å². The molecule has 114 valence electrons. The van der Waals surface area contributed by atoms with Crippen LogP contribution in [0.5, 0.6) is 0 Å². The summed E-state index contributed by atoms with van der Waals surface area (Å²) < 4.78 is 0. The molecule has 1 N–H and O–H groups in total. The predicted molar refractivity (Wildman–Crippen MR) is 85.7 cm³/mol. The summed E-state index contributed by atoms with van der Waals surface area (Å²) >= 11 is 0. The number of nitrogens with zero attached hydrogens (tertiary/aromatic N) is 1. The molecule has 1 atom stereocenters. The summed E-state index contributed by atoms with van der Waals surface area (Å²) in [4.78, 5) is 2.69. The molecule has 0 aromatic carbocycles. The van der Waals surface area contributed by atoms with Crippen molar-refractivity contribution in [2.45, 2.75) is 78.2 Å². The summed E-state index contributed by atoms with van der Waals surface area (Å²) in [6.07, 6.45) is 11.1. The molecular weight excluding hydrogens is 232 g/mol. The van der Waals surface area contributed by atoms with Gasteiger partial charge >= 0.3 is 0 Å². The van der Waals surface area contributed by atoms with E-state index in [2.05, 4.69) is 31.0 Å². The highest BCUT2D eigenvalue weighted by Crippen LogP contribution is 2.21. The van der Waals surface area contributed by atoms with Crippen LogP contribution in [0.2, 0.25) is 0 Å². The maximum Gasteiger partial charge on any atom is 0.00679 e.